The monoisotopic (exact) mass is 364 g/mol. The average Bonchev–Trinajstić information content (AvgIpc) is 3.28. The van der Waals surface area contributed by atoms with Crippen molar-refractivity contribution in [2.75, 3.05) is 32.1 Å². The Morgan fingerprint density at radius 2 is 2.19 bits per heavy atom. The highest BCUT2D eigenvalue weighted by molar-refractivity contribution is 5.39. The molecule has 0 amide bonds. The van der Waals surface area contributed by atoms with Crippen molar-refractivity contribution in [1.29, 1.82) is 5.26 Å². The Morgan fingerprint density at radius 3 is 2.96 bits per heavy atom. The van der Waals surface area contributed by atoms with Crippen molar-refractivity contribution in [2.45, 2.75) is 31.0 Å². The van der Waals surface area contributed by atoms with Gasteiger partial charge in [0.2, 0.25) is 0 Å². The van der Waals surface area contributed by atoms with Crippen LogP contribution in [-0.2, 0) is 11.3 Å². The predicted octanol–water partition coefficient (Wildman–Crippen LogP) is 2.81. The molecule has 2 atom stereocenters. The minimum Gasteiger partial charge on any atom is -0.497 e. The van der Waals surface area contributed by atoms with Crippen molar-refractivity contribution in [3.8, 4) is 11.8 Å². The summed E-state index contributed by atoms with van der Waals surface area (Å²) in [5, 5.41) is 12.4. The number of methoxy groups -OCH3 is 1. The summed E-state index contributed by atoms with van der Waals surface area (Å²) in [5.74, 6) is 1.63. The van der Waals surface area contributed by atoms with Gasteiger partial charge >= 0.3 is 0 Å². The van der Waals surface area contributed by atoms with E-state index in [1.165, 1.54) is 5.56 Å². The molecule has 2 unspecified atom stereocenters. The lowest BCUT2D eigenvalue weighted by atomic mass is 9.97. The predicted molar refractivity (Wildman–Crippen MR) is 103 cm³/mol. The number of likely N-dealkylation sites (tertiary alicyclic amines) is 1. The van der Waals surface area contributed by atoms with E-state index in [1.807, 2.05) is 24.3 Å². The second-order valence-electron chi connectivity index (χ2n) is 7.37. The first-order valence-corrected chi connectivity index (χ1v) is 9.31. The Balaban J connectivity index is 1.33. The maximum absolute atomic E-state index is 8.99. The zero-order chi connectivity index (χ0) is 18.7. The second kappa shape index (κ2) is 7.55. The van der Waals surface area contributed by atoms with Gasteiger partial charge in [-0.1, -0.05) is 18.2 Å². The lowest BCUT2D eigenvalue weighted by Gasteiger charge is -2.23. The van der Waals surface area contributed by atoms with Gasteiger partial charge in [-0.25, -0.2) is 4.98 Å². The normalized spacial score (nSPS) is 24.8. The van der Waals surface area contributed by atoms with Crippen molar-refractivity contribution < 1.29 is 9.47 Å². The summed E-state index contributed by atoms with van der Waals surface area (Å²) in [5.41, 5.74) is 1.65. The van der Waals surface area contributed by atoms with Crippen LogP contribution >= 0.6 is 0 Å². The molecule has 2 aliphatic heterocycles. The van der Waals surface area contributed by atoms with Crippen LogP contribution in [0.15, 0.2) is 42.5 Å². The van der Waals surface area contributed by atoms with Gasteiger partial charge in [-0.15, -0.1) is 0 Å². The van der Waals surface area contributed by atoms with E-state index in [0.717, 1.165) is 44.0 Å². The minimum absolute atomic E-state index is 0.0724. The molecule has 0 saturated carbocycles. The summed E-state index contributed by atoms with van der Waals surface area (Å²) in [7, 11) is 1.69. The summed E-state index contributed by atoms with van der Waals surface area (Å²) in [6.07, 6.45) is 2.01. The van der Waals surface area contributed by atoms with E-state index < -0.39 is 0 Å². The largest absolute Gasteiger partial charge is 0.497 e. The van der Waals surface area contributed by atoms with Gasteiger partial charge in [-0.3, -0.25) is 4.90 Å². The number of ether oxygens (including phenoxy) is 2. The highest BCUT2D eigenvalue weighted by Gasteiger charge is 2.45. The smallest absolute Gasteiger partial charge is 0.142 e. The van der Waals surface area contributed by atoms with Crippen LogP contribution in [0, 0.1) is 11.3 Å². The number of nitriles is 1. The molecule has 3 heterocycles. The fraction of sp³-hybridized carbons (Fsp3) is 0.429. The Labute approximate surface area is 159 Å². The molecule has 2 aliphatic rings. The van der Waals surface area contributed by atoms with Crippen LogP contribution in [0.3, 0.4) is 0 Å². The Morgan fingerprint density at radius 1 is 1.33 bits per heavy atom. The third-order valence-electron chi connectivity index (χ3n) is 5.39. The quantitative estimate of drug-likeness (QED) is 0.880. The minimum atomic E-state index is -0.0724. The van der Waals surface area contributed by atoms with Crippen LogP contribution in [0.25, 0.3) is 0 Å². The maximum atomic E-state index is 8.99. The topological polar surface area (TPSA) is 70.4 Å². The van der Waals surface area contributed by atoms with Crippen LogP contribution in [0.1, 0.15) is 24.1 Å². The van der Waals surface area contributed by atoms with E-state index in [2.05, 4.69) is 33.4 Å². The fourth-order valence-corrected chi connectivity index (χ4v) is 4.06. The van der Waals surface area contributed by atoms with Crippen LogP contribution in [0.4, 0.5) is 5.82 Å². The summed E-state index contributed by atoms with van der Waals surface area (Å²) in [6.45, 7) is 3.59. The number of benzene rings is 1. The van der Waals surface area contributed by atoms with Gasteiger partial charge in [0.25, 0.3) is 0 Å². The Bertz CT molecular complexity index is 833. The van der Waals surface area contributed by atoms with Crippen molar-refractivity contribution in [1.82, 2.24) is 9.88 Å². The van der Waals surface area contributed by atoms with Gasteiger partial charge < -0.3 is 14.8 Å². The molecule has 1 N–H and O–H groups in total. The maximum Gasteiger partial charge on any atom is 0.142 e. The summed E-state index contributed by atoms with van der Waals surface area (Å²) < 4.78 is 11.5. The van der Waals surface area contributed by atoms with Crippen molar-refractivity contribution in [2.24, 2.45) is 0 Å². The SMILES string of the molecule is COc1ccc(CN2CCC3(CC(Nc4cccc(C#N)n4)CO3)C2)cc1. The van der Waals surface area contributed by atoms with Gasteiger partial charge in [0.1, 0.15) is 23.3 Å². The summed E-state index contributed by atoms with van der Waals surface area (Å²) in [6, 6.07) is 16.0. The number of hydrogen-bond acceptors (Lipinski definition) is 6. The molecule has 2 saturated heterocycles. The first-order valence-electron chi connectivity index (χ1n) is 9.31. The van der Waals surface area contributed by atoms with E-state index in [-0.39, 0.29) is 11.6 Å². The van der Waals surface area contributed by atoms with Crippen LogP contribution in [0.2, 0.25) is 0 Å². The Hall–Kier alpha value is -2.62. The molecule has 2 aromatic rings. The van der Waals surface area contributed by atoms with E-state index in [0.29, 0.717) is 12.3 Å². The number of aromatic nitrogens is 1. The van der Waals surface area contributed by atoms with E-state index in [1.54, 1.807) is 13.2 Å². The number of pyridine rings is 1. The van der Waals surface area contributed by atoms with Gasteiger partial charge in [-0.05, 0) is 36.2 Å². The van der Waals surface area contributed by atoms with Gasteiger partial charge in [0.15, 0.2) is 0 Å². The third-order valence-corrected chi connectivity index (χ3v) is 5.39. The first kappa shape index (κ1) is 17.8. The summed E-state index contributed by atoms with van der Waals surface area (Å²) in [4.78, 5) is 6.76. The lowest BCUT2D eigenvalue weighted by Crippen LogP contribution is -2.33. The molecular formula is C21H24N4O2. The molecule has 1 spiro atoms. The third kappa shape index (κ3) is 4.05. The highest BCUT2D eigenvalue weighted by atomic mass is 16.5. The number of hydrogen-bond donors (Lipinski definition) is 1. The van der Waals surface area contributed by atoms with Crippen LogP contribution < -0.4 is 10.1 Å². The number of rotatable bonds is 5. The van der Waals surface area contributed by atoms with Crippen LogP contribution in [0.5, 0.6) is 5.75 Å². The first-order chi connectivity index (χ1) is 13.2. The fourth-order valence-electron chi connectivity index (χ4n) is 4.06. The molecular weight excluding hydrogens is 340 g/mol. The average molecular weight is 364 g/mol. The van der Waals surface area contributed by atoms with Crippen LogP contribution in [-0.4, -0.2) is 48.3 Å². The number of nitrogens with zero attached hydrogens (tertiary/aromatic N) is 3. The van der Waals surface area contributed by atoms with Crippen molar-refractivity contribution >= 4 is 5.82 Å². The van der Waals surface area contributed by atoms with Crippen molar-refractivity contribution in [3.05, 3.63) is 53.7 Å². The summed E-state index contributed by atoms with van der Waals surface area (Å²) >= 11 is 0. The molecule has 27 heavy (non-hydrogen) atoms. The van der Waals surface area contributed by atoms with E-state index in [4.69, 9.17) is 14.7 Å². The zero-order valence-corrected chi connectivity index (χ0v) is 15.5. The molecule has 140 valence electrons. The van der Waals surface area contributed by atoms with E-state index in [9.17, 15) is 0 Å². The van der Waals surface area contributed by atoms with Gasteiger partial charge in [0, 0.05) is 26.1 Å². The molecule has 0 radical (unpaired) electrons. The molecule has 6 heteroatoms. The molecule has 0 aliphatic carbocycles. The highest BCUT2D eigenvalue weighted by Crippen LogP contribution is 2.36. The van der Waals surface area contributed by atoms with Gasteiger partial charge in [0.05, 0.1) is 25.4 Å². The molecule has 2 fully saturated rings. The number of anilines is 1. The second-order valence-corrected chi connectivity index (χ2v) is 7.37. The molecule has 0 bridgehead atoms. The zero-order valence-electron chi connectivity index (χ0n) is 15.5. The molecule has 1 aromatic heterocycles. The standard InChI is InChI=1S/C21H24N4O2/c1-26-19-7-5-16(6-8-19)13-25-10-9-21(15-25)11-18(14-27-21)24-20-4-2-3-17(12-22)23-20/h2-8,18H,9-11,13-15H2,1H3,(H,23,24). The molecule has 1 aromatic carbocycles. The van der Waals surface area contributed by atoms with Gasteiger partial charge in [-0.2, -0.15) is 5.26 Å². The number of nitrogens with one attached hydrogen (secondary N) is 1. The Kier molecular flexibility index (Phi) is 4.97. The van der Waals surface area contributed by atoms with E-state index >= 15 is 0 Å². The molecule has 6 nitrogen and oxygen atoms in total. The van der Waals surface area contributed by atoms with Crippen molar-refractivity contribution in [3.63, 3.8) is 0 Å². The molecule has 4 rings (SSSR count). The lowest BCUT2D eigenvalue weighted by molar-refractivity contribution is 0.0120.